The number of carboxylic acids is 1. The first-order chi connectivity index (χ1) is 20.9. The Labute approximate surface area is 252 Å². The number of hydrogen-bond acceptors (Lipinski definition) is 9. The highest BCUT2D eigenvalue weighted by Crippen LogP contribution is 2.53. The van der Waals surface area contributed by atoms with Crippen LogP contribution in [0.25, 0.3) is 32.7 Å². The molecular formula is C28H26F3N9O3S. The molecule has 0 unspecified atom stereocenters. The van der Waals surface area contributed by atoms with Crippen molar-refractivity contribution in [1.82, 2.24) is 34.7 Å². The van der Waals surface area contributed by atoms with Crippen molar-refractivity contribution >= 4 is 45.8 Å². The molecule has 0 bridgehead atoms. The number of aromatic amines is 1. The molecule has 5 aromatic heterocycles. The summed E-state index contributed by atoms with van der Waals surface area (Å²) in [5.41, 5.74) is 5.06. The molecule has 16 heteroatoms. The van der Waals surface area contributed by atoms with Crippen molar-refractivity contribution < 1.29 is 27.9 Å². The predicted octanol–water partition coefficient (Wildman–Crippen LogP) is 4.33. The number of carboxylic acid groups (broad SMARTS) is 1. The van der Waals surface area contributed by atoms with Crippen molar-refractivity contribution in [2.24, 2.45) is 7.05 Å². The number of halogens is 3. The monoisotopic (exact) mass is 625 g/mol. The van der Waals surface area contributed by atoms with Gasteiger partial charge in [-0.25, -0.2) is 24.7 Å². The second kappa shape index (κ2) is 10.7. The van der Waals surface area contributed by atoms with E-state index in [1.807, 2.05) is 51.9 Å². The molecule has 0 aromatic carbocycles. The van der Waals surface area contributed by atoms with Crippen molar-refractivity contribution in [1.29, 1.82) is 0 Å². The van der Waals surface area contributed by atoms with Crippen molar-refractivity contribution in [2.75, 3.05) is 29.9 Å². The van der Waals surface area contributed by atoms with Gasteiger partial charge in [-0.3, -0.25) is 9.48 Å². The number of rotatable bonds is 3. The van der Waals surface area contributed by atoms with E-state index >= 15 is 0 Å². The number of fused-ring (bicyclic) bond motifs is 4. The van der Waals surface area contributed by atoms with Crippen LogP contribution in [0.3, 0.4) is 0 Å². The van der Waals surface area contributed by atoms with E-state index in [-0.39, 0.29) is 5.91 Å². The number of H-pyrrole nitrogens is 1. The van der Waals surface area contributed by atoms with Gasteiger partial charge in [0.15, 0.2) is 0 Å². The molecule has 12 nitrogen and oxygen atoms in total. The van der Waals surface area contributed by atoms with E-state index in [1.165, 1.54) is 0 Å². The molecule has 228 valence electrons. The largest absolute Gasteiger partial charge is 0.490 e. The molecule has 0 atom stereocenters. The minimum Gasteiger partial charge on any atom is -0.475 e. The fourth-order valence-electron chi connectivity index (χ4n) is 5.96. The number of carbonyl (C=O) groups excluding carboxylic acids is 1. The minimum absolute atomic E-state index is 0.134. The number of nitrogens with one attached hydrogen (secondary N) is 1. The van der Waals surface area contributed by atoms with Crippen LogP contribution in [0.2, 0.25) is 0 Å². The molecule has 7 heterocycles. The second-order valence-corrected chi connectivity index (χ2v) is 11.8. The van der Waals surface area contributed by atoms with Crippen molar-refractivity contribution in [2.45, 2.75) is 31.4 Å². The topological polar surface area (TPSA) is 146 Å². The Morgan fingerprint density at radius 1 is 1.11 bits per heavy atom. The molecule has 1 spiro atoms. The lowest BCUT2D eigenvalue weighted by Crippen LogP contribution is -2.48. The van der Waals surface area contributed by atoms with Gasteiger partial charge in [0.1, 0.15) is 17.8 Å². The Hall–Kier alpha value is -4.86. The number of nitrogens with zero attached hydrogens (tertiary/aromatic N) is 8. The van der Waals surface area contributed by atoms with Crippen molar-refractivity contribution in [3.8, 4) is 21.7 Å². The third-order valence-electron chi connectivity index (χ3n) is 7.97. The van der Waals surface area contributed by atoms with Crippen LogP contribution in [0.4, 0.5) is 24.7 Å². The van der Waals surface area contributed by atoms with Gasteiger partial charge in [0.05, 0.1) is 39.1 Å². The zero-order chi connectivity index (χ0) is 31.4. The molecule has 7 rings (SSSR count). The lowest BCUT2D eigenvalue weighted by Gasteiger charge is -2.39. The molecule has 1 amide bonds. The Kier molecular flexibility index (Phi) is 7.10. The van der Waals surface area contributed by atoms with Gasteiger partial charge in [-0.05, 0) is 25.8 Å². The highest BCUT2D eigenvalue weighted by Gasteiger charge is 2.53. The van der Waals surface area contributed by atoms with E-state index < -0.39 is 17.6 Å². The van der Waals surface area contributed by atoms with Gasteiger partial charge in [0.2, 0.25) is 5.91 Å². The second-order valence-electron chi connectivity index (χ2n) is 10.6. The highest BCUT2D eigenvalue weighted by atomic mass is 32.1. The van der Waals surface area contributed by atoms with Gasteiger partial charge in [-0.1, -0.05) is 0 Å². The number of carbonyl (C=O) groups is 2. The number of aliphatic carboxylic acids is 1. The van der Waals surface area contributed by atoms with E-state index in [9.17, 15) is 18.0 Å². The molecule has 2 N–H and O–H groups in total. The summed E-state index contributed by atoms with van der Waals surface area (Å²) in [6.45, 7) is 3.47. The smallest absolute Gasteiger partial charge is 0.475 e. The van der Waals surface area contributed by atoms with E-state index in [0.717, 1.165) is 67.9 Å². The third-order valence-corrected chi connectivity index (χ3v) is 8.90. The Morgan fingerprint density at radius 2 is 1.84 bits per heavy atom. The number of aromatic nitrogens is 7. The van der Waals surface area contributed by atoms with Crippen LogP contribution in [-0.4, -0.2) is 78.0 Å². The highest BCUT2D eigenvalue weighted by molar-refractivity contribution is 7.15. The fraction of sp³-hybridized carbons (Fsp3) is 0.321. The predicted molar refractivity (Wildman–Crippen MR) is 156 cm³/mol. The van der Waals surface area contributed by atoms with Gasteiger partial charge < -0.3 is 19.9 Å². The normalized spacial score (nSPS) is 15.9. The van der Waals surface area contributed by atoms with Gasteiger partial charge >= 0.3 is 12.1 Å². The molecule has 0 radical (unpaired) electrons. The van der Waals surface area contributed by atoms with Crippen molar-refractivity contribution in [3.05, 3.63) is 53.9 Å². The van der Waals surface area contributed by atoms with Gasteiger partial charge in [-0.15, -0.1) is 11.3 Å². The number of aryl methyl sites for hydroxylation is 2. The standard InChI is InChI=1S/C26H25N9OS.C2HF3O2/c1-15-28-12-18(37-15)20-21-22-17(11-29-24(21)32-23(20)16-10-31-33(2)13-16)34(3)25(36)26(22)5-8-35(9-6-26)19-4-7-27-14-30-19;3-2(4,5)1(6)7/h4,7,10-14H,5-6,8-9H2,1-3H3,(H,29,32);(H,6,7). The number of hydrogen-bond donors (Lipinski definition) is 2. The van der Waals surface area contributed by atoms with Crippen LogP contribution in [-0.2, 0) is 22.1 Å². The maximum absolute atomic E-state index is 14.0. The maximum Gasteiger partial charge on any atom is 0.490 e. The fourth-order valence-corrected chi connectivity index (χ4v) is 6.80. The summed E-state index contributed by atoms with van der Waals surface area (Å²) in [6, 6.07) is 1.92. The summed E-state index contributed by atoms with van der Waals surface area (Å²) in [4.78, 5) is 49.4. The molecule has 0 saturated carbocycles. The maximum atomic E-state index is 14.0. The summed E-state index contributed by atoms with van der Waals surface area (Å²) in [5.74, 6) is -1.73. The first kappa shape index (κ1) is 29.2. The molecule has 5 aromatic rings. The zero-order valence-corrected chi connectivity index (χ0v) is 24.6. The van der Waals surface area contributed by atoms with Crippen LogP contribution in [0, 0.1) is 6.92 Å². The number of amides is 1. The zero-order valence-electron chi connectivity index (χ0n) is 23.8. The number of likely N-dealkylation sites (N-methyl/N-ethyl adjacent to an activating group) is 1. The minimum atomic E-state index is -5.08. The number of anilines is 2. The Bertz CT molecular complexity index is 1880. The van der Waals surface area contributed by atoms with Gasteiger partial charge in [0, 0.05) is 67.9 Å². The summed E-state index contributed by atoms with van der Waals surface area (Å²) >= 11 is 1.65. The van der Waals surface area contributed by atoms with Crippen molar-refractivity contribution in [3.63, 3.8) is 0 Å². The molecule has 2 aliphatic heterocycles. The lowest BCUT2D eigenvalue weighted by molar-refractivity contribution is -0.192. The molecule has 44 heavy (non-hydrogen) atoms. The van der Waals surface area contributed by atoms with Crippen LogP contribution < -0.4 is 9.80 Å². The summed E-state index contributed by atoms with van der Waals surface area (Å²) in [5, 5.41) is 13.5. The number of piperidine rings is 1. The Balaban J connectivity index is 0.000000441. The molecule has 2 aliphatic rings. The van der Waals surface area contributed by atoms with E-state index in [4.69, 9.17) is 14.9 Å². The summed E-state index contributed by atoms with van der Waals surface area (Å²) in [6.07, 6.45) is 7.25. The SMILES string of the molecule is Cc1ncc(-c2c(-c3cnn(C)c3)[nH]c3ncc4c(c23)C2(CCN(c3ccncn3)CC2)C(=O)N4C)s1.O=C(O)C(F)(F)F. The lowest BCUT2D eigenvalue weighted by atomic mass is 9.72. The first-order valence-corrected chi connectivity index (χ1v) is 14.3. The first-order valence-electron chi connectivity index (χ1n) is 13.5. The molecule has 1 saturated heterocycles. The van der Waals surface area contributed by atoms with E-state index in [1.54, 1.807) is 33.4 Å². The molecular weight excluding hydrogens is 599 g/mol. The average Bonchev–Trinajstić information content (AvgIpc) is 3.76. The number of pyridine rings is 1. The Morgan fingerprint density at radius 3 is 2.41 bits per heavy atom. The van der Waals surface area contributed by atoms with Crippen LogP contribution in [0.1, 0.15) is 23.4 Å². The molecule has 1 fully saturated rings. The number of alkyl halides is 3. The van der Waals surface area contributed by atoms with Crippen LogP contribution >= 0.6 is 11.3 Å². The van der Waals surface area contributed by atoms with E-state index in [2.05, 4.69) is 29.9 Å². The quantitative estimate of drug-likeness (QED) is 0.299. The van der Waals surface area contributed by atoms with Gasteiger partial charge in [-0.2, -0.15) is 18.3 Å². The van der Waals surface area contributed by atoms with Crippen LogP contribution in [0.15, 0.2) is 43.4 Å². The van der Waals surface area contributed by atoms with E-state index in [0.29, 0.717) is 12.8 Å². The number of thiazole rings is 1. The third kappa shape index (κ3) is 4.84. The van der Waals surface area contributed by atoms with Gasteiger partial charge in [0.25, 0.3) is 0 Å². The average molecular weight is 626 g/mol. The van der Waals surface area contributed by atoms with Crippen LogP contribution in [0.5, 0.6) is 0 Å². The summed E-state index contributed by atoms with van der Waals surface area (Å²) in [7, 11) is 3.78. The summed E-state index contributed by atoms with van der Waals surface area (Å²) < 4.78 is 33.5. The molecule has 0 aliphatic carbocycles.